The van der Waals surface area contributed by atoms with E-state index >= 15 is 0 Å². The first-order chi connectivity index (χ1) is 1.41. The van der Waals surface area contributed by atoms with Gasteiger partial charge in [-0.2, -0.15) is 0 Å². The molecule has 0 bridgehead atoms. The zero-order valence-electron chi connectivity index (χ0n) is 1.82. The summed E-state index contributed by atoms with van der Waals surface area (Å²) in [6.45, 7) is 0. The predicted octanol–water partition coefficient (Wildman–Crippen LogP) is -0.999. The molecule has 0 amide bonds. The molecule has 0 N–H and O–H groups in total. The molecule has 0 saturated heterocycles. The molecule has 0 fully saturated rings. The van der Waals surface area contributed by atoms with Crippen LogP contribution < -0.4 is 0 Å². The van der Waals surface area contributed by atoms with E-state index in [1.54, 1.807) is 0 Å². The van der Waals surface area contributed by atoms with Crippen molar-refractivity contribution in [3.63, 3.8) is 0 Å². The van der Waals surface area contributed by atoms with Crippen molar-refractivity contribution >= 4 is 35.2 Å². The Balaban J connectivity index is 0. The van der Waals surface area contributed by atoms with Crippen LogP contribution >= 0.6 is 0 Å². The third-order valence-electron chi connectivity index (χ3n) is 0. The van der Waals surface area contributed by atoms with E-state index in [0.29, 0.717) is 0 Å². The molecule has 0 aliphatic rings. The normalized spacial score (nSPS) is 2.00. The van der Waals surface area contributed by atoms with Crippen molar-refractivity contribution < 1.29 is 5.37 Å². The molecule has 4 radical (unpaired) electrons. The molecule has 0 aromatic heterocycles. The third-order valence-corrected chi connectivity index (χ3v) is 0. The van der Waals surface area contributed by atoms with E-state index in [1.807, 2.05) is 0 Å². The van der Waals surface area contributed by atoms with Gasteiger partial charge >= 0.3 is 29.6 Å². The van der Waals surface area contributed by atoms with E-state index in [1.165, 1.54) is 0 Å². The first kappa shape index (κ1) is 8.83. The van der Waals surface area contributed by atoms with Gasteiger partial charge in [-0.25, -0.2) is 0 Å². The first-order valence-electron chi connectivity index (χ1n) is 0.408. The van der Waals surface area contributed by atoms with Crippen LogP contribution in [0.5, 0.6) is 0 Å². The van der Waals surface area contributed by atoms with Gasteiger partial charge in [-0.3, -0.25) is 0 Å². The van der Waals surface area contributed by atoms with E-state index in [4.69, 9.17) is 5.37 Å². The average molecular weight is 267 g/mol. The van der Waals surface area contributed by atoms with Gasteiger partial charge in [0, 0.05) is 11.0 Å². The molecule has 20 valence electrons. The van der Waals surface area contributed by atoms with E-state index in [-0.39, 0.29) is 11.0 Å². The fraction of sp³-hybridized carbons (Fsp3) is 0. The monoisotopic (exact) mass is 268 g/mol. The zero-order valence-corrected chi connectivity index (χ0v) is 6.70. The average Bonchev–Trinajstić information content (AvgIpc) is 0.918. The number of hydrogen-bond donors (Lipinski definition) is 0. The summed E-state index contributed by atoms with van der Waals surface area (Å²) < 4.78 is 17.1. The summed E-state index contributed by atoms with van der Waals surface area (Å²) in [5.74, 6) is 0. The maximum atomic E-state index is 8.57. The van der Waals surface area contributed by atoms with Gasteiger partial charge in [-0.05, 0) is 0 Å². The SMILES string of the molecule is [O]=[Pb]=[O].[Si]. The Morgan fingerprint density at radius 2 is 1.25 bits per heavy atom. The minimum Gasteiger partial charge on any atom is 0 e. The summed E-state index contributed by atoms with van der Waals surface area (Å²) in [6.07, 6.45) is 0. The van der Waals surface area contributed by atoms with E-state index in [2.05, 4.69) is 0 Å². The van der Waals surface area contributed by atoms with Crippen LogP contribution in [-0.2, 0) is 5.37 Å². The maximum Gasteiger partial charge on any atom is 0 e. The molecule has 4 heteroatoms. The largest absolute Gasteiger partial charge is 0 e. The first-order valence-corrected chi connectivity index (χ1v) is 3.58. The Morgan fingerprint density at radius 1 is 1.25 bits per heavy atom. The second-order valence-electron chi connectivity index (χ2n) is 0.0833. The summed E-state index contributed by atoms with van der Waals surface area (Å²) in [6, 6.07) is 0. The number of hydrogen-bond acceptors (Lipinski definition) is 2. The Bertz CT molecular complexity index is 27.0. The summed E-state index contributed by atoms with van der Waals surface area (Å²) in [4.78, 5) is 0. The predicted molar refractivity (Wildman–Crippen MR) is 12.9 cm³/mol. The van der Waals surface area contributed by atoms with E-state index < -0.39 is 24.3 Å². The minimum absolute atomic E-state index is 0. The Labute approximate surface area is 40.8 Å². The van der Waals surface area contributed by atoms with Gasteiger partial charge in [0.1, 0.15) is 0 Å². The third kappa shape index (κ3) is 15.2. The van der Waals surface area contributed by atoms with Crippen molar-refractivity contribution in [3.8, 4) is 0 Å². The molecular weight excluding hydrogens is 267 g/mol. The van der Waals surface area contributed by atoms with Crippen LogP contribution in [0, 0.1) is 0 Å². The second-order valence-corrected chi connectivity index (χ2v) is 0.731. The van der Waals surface area contributed by atoms with Gasteiger partial charge in [-0.15, -0.1) is 0 Å². The molecule has 0 spiro atoms. The van der Waals surface area contributed by atoms with Crippen molar-refractivity contribution in [2.75, 3.05) is 0 Å². The molecule has 2 nitrogen and oxygen atoms in total. The fourth-order valence-corrected chi connectivity index (χ4v) is 0. The standard InChI is InChI=1S/2O.Pb.Si. The number of rotatable bonds is 0. The van der Waals surface area contributed by atoms with Gasteiger partial charge in [-0.1, -0.05) is 0 Å². The topological polar surface area (TPSA) is 34.1 Å². The maximum absolute atomic E-state index is 8.57. The molecule has 0 unspecified atom stereocenters. The molecule has 0 atom stereocenters. The fourth-order valence-electron chi connectivity index (χ4n) is 0. The van der Waals surface area contributed by atoms with Crippen LogP contribution in [0.1, 0.15) is 0 Å². The molecule has 0 rings (SSSR count). The summed E-state index contributed by atoms with van der Waals surface area (Å²) in [5, 5.41) is 0. The van der Waals surface area contributed by atoms with Gasteiger partial charge in [0.25, 0.3) is 0 Å². The molecular formula is O2PbSi. The van der Waals surface area contributed by atoms with Crippen LogP contribution in [0.2, 0.25) is 0 Å². The summed E-state index contributed by atoms with van der Waals surface area (Å²) >= 11 is -2.42. The zero-order chi connectivity index (χ0) is 2.71. The molecule has 0 aromatic rings. The Morgan fingerprint density at radius 3 is 1.25 bits per heavy atom. The smallest absolute Gasteiger partial charge is 0 e. The van der Waals surface area contributed by atoms with Crippen molar-refractivity contribution in [2.24, 2.45) is 0 Å². The molecule has 0 aliphatic heterocycles. The van der Waals surface area contributed by atoms with Crippen LogP contribution in [0.4, 0.5) is 0 Å². The molecule has 0 saturated carbocycles. The van der Waals surface area contributed by atoms with E-state index in [0.717, 1.165) is 0 Å². The molecule has 0 aromatic carbocycles. The Kier molecular flexibility index (Phi) is 20.5. The van der Waals surface area contributed by atoms with Crippen molar-refractivity contribution in [3.05, 3.63) is 0 Å². The molecule has 4 heavy (non-hydrogen) atoms. The quantitative estimate of drug-likeness (QED) is 0.528. The summed E-state index contributed by atoms with van der Waals surface area (Å²) in [5.41, 5.74) is 0. The van der Waals surface area contributed by atoms with Crippen LogP contribution in [0.25, 0.3) is 0 Å². The van der Waals surface area contributed by atoms with Gasteiger partial charge in [0.05, 0.1) is 0 Å². The van der Waals surface area contributed by atoms with Gasteiger partial charge in [0.2, 0.25) is 0 Å². The summed E-state index contributed by atoms with van der Waals surface area (Å²) in [7, 11) is 0. The van der Waals surface area contributed by atoms with Crippen LogP contribution in [0.15, 0.2) is 0 Å². The van der Waals surface area contributed by atoms with Crippen molar-refractivity contribution in [1.29, 1.82) is 0 Å². The molecule has 0 heterocycles. The van der Waals surface area contributed by atoms with Gasteiger partial charge < -0.3 is 0 Å². The molecule has 0 aliphatic carbocycles. The van der Waals surface area contributed by atoms with E-state index in [9.17, 15) is 0 Å². The van der Waals surface area contributed by atoms with Crippen molar-refractivity contribution in [1.82, 2.24) is 0 Å². The van der Waals surface area contributed by atoms with Crippen molar-refractivity contribution in [2.45, 2.75) is 0 Å². The van der Waals surface area contributed by atoms with Gasteiger partial charge in [0.15, 0.2) is 0 Å². The Hall–Kier alpha value is 0.739. The second kappa shape index (κ2) is 9.28. The van der Waals surface area contributed by atoms with Crippen LogP contribution in [-0.4, -0.2) is 35.2 Å². The van der Waals surface area contributed by atoms with Crippen LogP contribution in [0.3, 0.4) is 0 Å². The minimum atomic E-state index is -2.42.